The molecule has 0 spiro atoms. The molecular formula is C18H23BrF3N5O. The number of alkyl halides is 3. The van der Waals surface area contributed by atoms with Crippen LogP contribution in [-0.2, 0) is 24.1 Å². The molecule has 6 nitrogen and oxygen atoms in total. The second-order valence-corrected chi connectivity index (χ2v) is 7.90. The molecule has 2 heterocycles. The Hall–Kier alpha value is -1.84. The summed E-state index contributed by atoms with van der Waals surface area (Å²) in [6.07, 6.45) is -0.902. The summed E-state index contributed by atoms with van der Waals surface area (Å²) in [4.78, 5) is 12.4. The third-order valence-electron chi connectivity index (χ3n) is 4.87. The zero-order chi connectivity index (χ0) is 20.6. The van der Waals surface area contributed by atoms with Crippen molar-refractivity contribution in [3.8, 4) is 0 Å². The fourth-order valence-electron chi connectivity index (χ4n) is 3.27. The summed E-state index contributed by atoms with van der Waals surface area (Å²) in [6, 6.07) is -0.231. The summed E-state index contributed by atoms with van der Waals surface area (Å²) in [5.41, 5.74) is 1.38. The molecule has 1 N–H and O–H groups in total. The topological polar surface area (TPSA) is 64.7 Å². The van der Waals surface area contributed by atoms with Gasteiger partial charge in [-0.25, -0.2) is 0 Å². The molecule has 0 aliphatic heterocycles. The number of aromatic nitrogens is 4. The molecule has 28 heavy (non-hydrogen) atoms. The first-order chi connectivity index (χ1) is 13.1. The average Bonchev–Trinajstić information content (AvgIpc) is 3.27. The van der Waals surface area contributed by atoms with Crippen molar-refractivity contribution in [1.82, 2.24) is 24.9 Å². The Labute approximate surface area is 169 Å². The van der Waals surface area contributed by atoms with Crippen molar-refractivity contribution in [2.45, 2.75) is 71.3 Å². The number of carbonyl (C=O) groups is 1. The van der Waals surface area contributed by atoms with E-state index in [1.807, 2.05) is 27.0 Å². The lowest BCUT2D eigenvalue weighted by Gasteiger charge is -2.14. The van der Waals surface area contributed by atoms with E-state index in [-0.39, 0.29) is 35.3 Å². The largest absolute Gasteiger partial charge is 0.436 e. The smallest absolute Gasteiger partial charge is 0.349 e. The number of amides is 1. The third kappa shape index (κ3) is 4.42. The third-order valence-corrected chi connectivity index (χ3v) is 5.65. The van der Waals surface area contributed by atoms with Crippen LogP contribution >= 0.6 is 15.9 Å². The van der Waals surface area contributed by atoms with Crippen molar-refractivity contribution in [3.63, 3.8) is 0 Å². The van der Waals surface area contributed by atoms with E-state index in [9.17, 15) is 18.0 Å². The highest BCUT2D eigenvalue weighted by atomic mass is 79.9. The standard InChI is InChI=1S/C18H23BrF3N5O/c1-4-26-9-13(11(3)24-26)10(2)23-14(28)7-8-27-16(12-5-6-12)15(19)17(25-27)18(20,21)22/h9-10,12H,4-8H2,1-3H3,(H,23,28). The van der Waals surface area contributed by atoms with E-state index in [1.54, 1.807) is 4.68 Å². The Morgan fingerprint density at radius 2 is 2.07 bits per heavy atom. The van der Waals surface area contributed by atoms with E-state index >= 15 is 0 Å². The minimum atomic E-state index is -4.53. The molecule has 0 radical (unpaired) electrons. The summed E-state index contributed by atoms with van der Waals surface area (Å²) in [5, 5.41) is 11.0. The number of rotatable bonds is 7. The van der Waals surface area contributed by atoms with E-state index in [4.69, 9.17) is 0 Å². The van der Waals surface area contributed by atoms with E-state index in [0.717, 1.165) is 30.6 Å². The second-order valence-electron chi connectivity index (χ2n) is 7.11. The first-order valence-electron chi connectivity index (χ1n) is 9.28. The molecule has 154 valence electrons. The van der Waals surface area contributed by atoms with Crippen molar-refractivity contribution >= 4 is 21.8 Å². The quantitative estimate of drug-likeness (QED) is 0.666. The predicted molar refractivity (Wildman–Crippen MR) is 101 cm³/mol. The number of nitrogens with zero attached hydrogens (tertiary/aromatic N) is 4. The van der Waals surface area contributed by atoms with Crippen LogP contribution in [0.3, 0.4) is 0 Å². The zero-order valence-electron chi connectivity index (χ0n) is 16.0. The van der Waals surface area contributed by atoms with Gasteiger partial charge in [-0.15, -0.1) is 0 Å². The molecule has 10 heteroatoms. The lowest BCUT2D eigenvalue weighted by atomic mass is 10.1. The van der Waals surface area contributed by atoms with Crippen LogP contribution in [0.25, 0.3) is 0 Å². The van der Waals surface area contributed by atoms with Gasteiger partial charge < -0.3 is 5.32 Å². The van der Waals surface area contributed by atoms with Crippen LogP contribution in [0.1, 0.15) is 67.7 Å². The highest BCUT2D eigenvalue weighted by Gasteiger charge is 2.41. The number of hydrogen-bond acceptors (Lipinski definition) is 3. The molecule has 2 aromatic heterocycles. The Kier molecular flexibility index (Phi) is 5.88. The lowest BCUT2D eigenvalue weighted by Crippen LogP contribution is -2.28. The van der Waals surface area contributed by atoms with E-state index in [1.165, 1.54) is 4.68 Å². The minimum absolute atomic E-state index is 0.00104. The van der Waals surface area contributed by atoms with Crippen LogP contribution in [0.4, 0.5) is 13.2 Å². The highest BCUT2D eigenvalue weighted by Crippen LogP contribution is 2.47. The molecule has 3 rings (SSSR count). The molecule has 0 saturated heterocycles. The maximum Gasteiger partial charge on any atom is 0.436 e. The van der Waals surface area contributed by atoms with Gasteiger partial charge in [0.2, 0.25) is 5.91 Å². The van der Waals surface area contributed by atoms with Gasteiger partial charge in [0.05, 0.1) is 28.4 Å². The van der Waals surface area contributed by atoms with Crippen LogP contribution in [0.2, 0.25) is 0 Å². The van der Waals surface area contributed by atoms with Gasteiger partial charge in [0, 0.05) is 30.6 Å². The number of nitrogens with one attached hydrogen (secondary N) is 1. The van der Waals surface area contributed by atoms with Crippen LogP contribution in [-0.4, -0.2) is 25.5 Å². The fraction of sp³-hybridized carbons (Fsp3) is 0.611. The van der Waals surface area contributed by atoms with Gasteiger partial charge >= 0.3 is 6.18 Å². The second kappa shape index (κ2) is 7.88. The Morgan fingerprint density at radius 3 is 2.61 bits per heavy atom. The number of carbonyl (C=O) groups excluding carboxylic acids is 1. The minimum Gasteiger partial charge on any atom is -0.349 e. The number of halogens is 4. The van der Waals surface area contributed by atoms with Crippen molar-refractivity contribution in [2.24, 2.45) is 0 Å². The Morgan fingerprint density at radius 1 is 1.39 bits per heavy atom. The average molecular weight is 462 g/mol. The summed E-state index contributed by atoms with van der Waals surface area (Å²) in [6.45, 7) is 6.57. The molecular weight excluding hydrogens is 439 g/mol. The van der Waals surface area contributed by atoms with Crippen LogP contribution in [0.5, 0.6) is 0 Å². The Balaban J connectivity index is 1.67. The summed E-state index contributed by atoms with van der Waals surface area (Å²) in [5.74, 6) is -0.166. The molecule has 1 amide bonds. The monoisotopic (exact) mass is 461 g/mol. The molecule has 1 aliphatic rings. The first-order valence-corrected chi connectivity index (χ1v) is 10.1. The maximum absolute atomic E-state index is 13.2. The lowest BCUT2D eigenvalue weighted by molar-refractivity contribution is -0.142. The van der Waals surface area contributed by atoms with E-state index in [0.29, 0.717) is 5.69 Å². The van der Waals surface area contributed by atoms with Gasteiger partial charge in [0.25, 0.3) is 0 Å². The molecule has 1 fully saturated rings. The molecule has 1 atom stereocenters. The Bertz CT molecular complexity index is 869. The molecule has 1 unspecified atom stereocenters. The van der Waals surface area contributed by atoms with Crippen LogP contribution in [0, 0.1) is 6.92 Å². The van der Waals surface area contributed by atoms with Gasteiger partial charge in [-0.2, -0.15) is 23.4 Å². The van der Waals surface area contributed by atoms with Gasteiger partial charge in [-0.1, -0.05) is 0 Å². The summed E-state index contributed by atoms with van der Waals surface area (Å²) >= 11 is 3.06. The molecule has 1 saturated carbocycles. The first kappa shape index (κ1) is 20.9. The number of aryl methyl sites for hydroxylation is 3. The molecule has 1 aliphatic carbocycles. The number of hydrogen-bond donors (Lipinski definition) is 1. The summed E-state index contributed by atoms with van der Waals surface area (Å²) in [7, 11) is 0. The van der Waals surface area contributed by atoms with Crippen LogP contribution in [0.15, 0.2) is 10.7 Å². The fourth-order valence-corrected chi connectivity index (χ4v) is 4.10. The van der Waals surface area contributed by atoms with Gasteiger partial charge in [0.1, 0.15) is 0 Å². The zero-order valence-corrected chi connectivity index (χ0v) is 17.6. The van der Waals surface area contributed by atoms with Crippen LogP contribution < -0.4 is 5.32 Å². The van der Waals surface area contributed by atoms with Gasteiger partial charge in [-0.3, -0.25) is 14.2 Å². The normalized spacial score (nSPS) is 15.7. The SMILES string of the molecule is CCn1cc(C(C)NC(=O)CCn2nc(C(F)(F)F)c(Br)c2C2CC2)c(C)n1. The van der Waals surface area contributed by atoms with E-state index < -0.39 is 11.9 Å². The summed E-state index contributed by atoms with van der Waals surface area (Å²) < 4.78 is 42.6. The van der Waals surface area contributed by atoms with Crippen molar-refractivity contribution in [3.05, 3.63) is 33.3 Å². The predicted octanol–water partition coefficient (Wildman–Crippen LogP) is 4.33. The van der Waals surface area contributed by atoms with Gasteiger partial charge in [-0.05, 0) is 49.5 Å². The molecule has 0 bridgehead atoms. The highest BCUT2D eigenvalue weighted by molar-refractivity contribution is 9.10. The maximum atomic E-state index is 13.2. The molecule has 0 aromatic carbocycles. The van der Waals surface area contributed by atoms with Crippen molar-refractivity contribution < 1.29 is 18.0 Å². The van der Waals surface area contributed by atoms with Crippen molar-refractivity contribution in [2.75, 3.05) is 0 Å². The van der Waals surface area contributed by atoms with Gasteiger partial charge in [0.15, 0.2) is 5.69 Å². The van der Waals surface area contributed by atoms with Crippen molar-refractivity contribution in [1.29, 1.82) is 0 Å². The molecule has 2 aromatic rings. The van der Waals surface area contributed by atoms with E-state index in [2.05, 4.69) is 31.4 Å².